The van der Waals surface area contributed by atoms with Gasteiger partial charge in [-0.2, -0.15) is 0 Å². The molecule has 2 saturated heterocycles. The number of furan rings is 2. The zero-order valence-corrected chi connectivity index (χ0v) is 14.8. The molecular weight excluding hydrogens is 364 g/mol. The molecule has 0 saturated carbocycles. The first-order valence-corrected chi connectivity index (χ1v) is 8.99. The molecule has 0 bridgehead atoms. The van der Waals surface area contributed by atoms with Crippen molar-refractivity contribution in [2.24, 2.45) is 0 Å². The Labute approximate surface area is 160 Å². The third kappa shape index (κ3) is 3.14. The van der Waals surface area contributed by atoms with Gasteiger partial charge in [-0.05, 0) is 30.3 Å². The highest BCUT2D eigenvalue weighted by Gasteiger charge is 2.48. The van der Waals surface area contributed by atoms with Crippen molar-refractivity contribution in [2.45, 2.75) is 24.3 Å². The molecule has 2 aliphatic rings. The van der Waals surface area contributed by atoms with Gasteiger partial charge in [-0.15, -0.1) is 0 Å². The minimum Gasteiger partial charge on any atom is -0.463 e. The number of carbonyl (C=O) groups is 1. The normalized spacial score (nSPS) is 26.1. The number of anilines is 1. The van der Waals surface area contributed by atoms with Gasteiger partial charge in [-0.1, -0.05) is 0 Å². The molecule has 3 aromatic heterocycles. The maximum atomic E-state index is 12.2. The highest BCUT2D eigenvalue weighted by molar-refractivity contribution is 5.91. The fourth-order valence-corrected chi connectivity index (χ4v) is 3.55. The zero-order chi connectivity index (χ0) is 18.9. The SMILES string of the molecule is O=C(NC1COC2C(Nc3nccc(-c4ccco4)n3)COC12)c1ccco1. The fourth-order valence-electron chi connectivity index (χ4n) is 3.55. The van der Waals surface area contributed by atoms with Crippen molar-refractivity contribution in [1.82, 2.24) is 15.3 Å². The van der Waals surface area contributed by atoms with Crippen molar-refractivity contribution in [3.8, 4) is 11.5 Å². The molecule has 3 aromatic rings. The van der Waals surface area contributed by atoms with Gasteiger partial charge in [-0.3, -0.25) is 4.79 Å². The van der Waals surface area contributed by atoms with Crippen LogP contribution in [0.15, 0.2) is 57.9 Å². The highest BCUT2D eigenvalue weighted by atomic mass is 16.6. The van der Waals surface area contributed by atoms with Crippen LogP contribution in [0, 0.1) is 0 Å². The van der Waals surface area contributed by atoms with Crippen LogP contribution in [0.4, 0.5) is 5.95 Å². The second-order valence-electron chi connectivity index (χ2n) is 6.65. The van der Waals surface area contributed by atoms with E-state index in [2.05, 4.69) is 20.6 Å². The molecule has 144 valence electrons. The second-order valence-corrected chi connectivity index (χ2v) is 6.65. The highest BCUT2D eigenvalue weighted by Crippen LogP contribution is 2.29. The van der Waals surface area contributed by atoms with E-state index in [-0.39, 0.29) is 36.0 Å². The van der Waals surface area contributed by atoms with Crippen LogP contribution in [0.2, 0.25) is 0 Å². The molecule has 2 aliphatic heterocycles. The van der Waals surface area contributed by atoms with Gasteiger partial charge in [0.1, 0.15) is 17.9 Å². The smallest absolute Gasteiger partial charge is 0.287 e. The Balaban J connectivity index is 1.24. The minimum absolute atomic E-state index is 0.123. The van der Waals surface area contributed by atoms with Crippen LogP contribution in [0.1, 0.15) is 10.6 Å². The first-order chi connectivity index (χ1) is 13.8. The van der Waals surface area contributed by atoms with Crippen molar-refractivity contribution < 1.29 is 23.1 Å². The van der Waals surface area contributed by atoms with Crippen molar-refractivity contribution in [3.05, 3.63) is 54.8 Å². The van der Waals surface area contributed by atoms with E-state index in [1.165, 1.54) is 6.26 Å². The molecule has 0 radical (unpaired) electrons. The Morgan fingerprint density at radius 2 is 1.79 bits per heavy atom. The molecule has 9 heteroatoms. The Morgan fingerprint density at radius 1 is 1.00 bits per heavy atom. The lowest BCUT2D eigenvalue weighted by molar-refractivity contribution is 0.0646. The summed E-state index contributed by atoms with van der Waals surface area (Å²) in [6.45, 7) is 0.796. The van der Waals surface area contributed by atoms with Crippen molar-refractivity contribution >= 4 is 11.9 Å². The van der Waals surface area contributed by atoms with Crippen molar-refractivity contribution in [2.75, 3.05) is 18.5 Å². The van der Waals surface area contributed by atoms with E-state index in [0.29, 0.717) is 30.6 Å². The van der Waals surface area contributed by atoms with Crippen LogP contribution in [0.3, 0.4) is 0 Å². The van der Waals surface area contributed by atoms with Gasteiger partial charge in [0.15, 0.2) is 11.5 Å². The maximum Gasteiger partial charge on any atom is 0.287 e. The summed E-state index contributed by atoms with van der Waals surface area (Å²) in [6.07, 6.45) is 4.28. The van der Waals surface area contributed by atoms with Gasteiger partial charge in [0, 0.05) is 6.20 Å². The zero-order valence-electron chi connectivity index (χ0n) is 14.8. The van der Waals surface area contributed by atoms with Crippen LogP contribution in [-0.4, -0.2) is 53.4 Å². The first-order valence-electron chi connectivity index (χ1n) is 8.99. The molecule has 2 N–H and O–H groups in total. The number of ether oxygens (including phenoxy) is 2. The molecular formula is C19H18N4O5. The summed E-state index contributed by atoms with van der Waals surface area (Å²) >= 11 is 0. The molecule has 5 heterocycles. The van der Waals surface area contributed by atoms with Crippen LogP contribution < -0.4 is 10.6 Å². The summed E-state index contributed by atoms with van der Waals surface area (Å²) in [5.41, 5.74) is 0.689. The molecule has 2 fully saturated rings. The number of hydrogen-bond acceptors (Lipinski definition) is 8. The van der Waals surface area contributed by atoms with E-state index < -0.39 is 0 Å². The van der Waals surface area contributed by atoms with Gasteiger partial charge in [0.25, 0.3) is 5.91 Å². The number of nitrogens with zero attached hydrogens (tertiary/aromatic N) is 2. The topological polar surface area (TPSA) is 112 Å². The minimum atomic E-state index is -0.284. The molecule has 9 nitrogen and oxygen atoms in total. The van der Waals surface area contributed by atoms with E-state index in [4.69, 9.17) is 18.3 Å². The second kappa shape index (κ2) is 7.10. The lowest BCUT2D eigenvalue weighted by atomic mass is 10.1. The molecule has 0 aromatic carbocycles. The van der Waals surface area contributed by atoms with Gasteiger partial charge in [0.2, 0.25) is 5.95 Å². The number of nitrogens with one attached hydrogen (secondary N) is 2. The van der Waals surface area contributed by atoms with E-state index >= 15 is 0 Å². The average Bonchev–Trinajstić information content (AvgIpc) is 3.50. The average molecular weight is 382 g/mol. The van der Waals surface area contributed by atoms with Crippen LogP contribution >= 0.6 is 0 Å². The summed E-state index contributed by atoms with van der Waals surface area (Å²) < 4.78 is 22.3. The number of aromatic nitrogens is 2. The molecule has 5 rings (SSSR count). The van der Waals surface area contributed by atoms with Crippen molar-refractivity contribution in [3.63, 3.8) is 0 Å². The molecule has 28 heavy (non-hydrogen) atoms. The number of carbonyl (C=O) groups excluding carboxylic acids is 1. The molecule has 4 atom stereocenters. The fraction of sp³-hybridized carbons (Fsp3) is 0.316. The van der Waals surface area contributed by atoms with Gasteiger partial charge < -0.3 is 28.9 Å². The number of rotatable bonds is 5. The molecule has 0 spiro atoms. The monoisotopic (exact) mass is 382 g/mol. The van der Waals surface area contributed by atoms with Gasteiger partial charge in [-0.25, -0.2) is 9.97 Å². The van der Waals surface area contributed by atoms with E-state index in [1.807, 2.05) is 12.1 Å². The summed E-state index contributed by atoms with van der Waals surface area (Å²) in [6, 6.07) is 8.35. The Bertz CT molecular complexity index is 943. The number of amides is 1. The Morgan fingerprint density at radius 3 is 2.57 bits per heavy atom. The predicted molar refractivity (Wildman–Crippen MR) is 96.6 cm³/mol. The summed E-state index contributed by atoms with van der Waals surface area (Å²) in [5, 5.41) is 6.18. The van der Waals surface area contributed by atoms with Crippen LogP contribution in [0.25, 0.3) is 11.5 Å². The van der Waals surface area contributed by atoms with E-state index in [0.717, 1.165) is 0 Å². The third-order valence-electron chi connectivity index (χ3n) is 4.86. The first kappa shape index (κ1) is 17.0. The summed E-state index contributed by atoms with van der Waals surface area (Å²) in [5.74, 6) is 1.12. The van der Waals surface area contributed by atoms with E-state index in [9.17, 15) is 4.79 Å². The van der Waals surface area contributed by atoms with Gasteiger partial charge in [0.05, 0.1) is 37.8 Å². The summed E-state index contributed by atoms with van der Waals surface area (Å²) in [4.78, 5) is 21.0. The van der Waals surface area contributed by atoms with Crippen LogP contribution in [-0.2, 0) is 9.47 Å². The largest absolute Gasteiger partial charge is 0.463 e. The van der Waals surface area contributed by atoms with Gasteiger partial charge >= 0.3 is 0 Å². The number of hydrogen-bond donors (Lipinski definition) is 2. The number of fused-ring (bicyclic) bond motifs is 1. The van der Waals surface area contributed by atoms with E-state index in [1.54, 1.807) is 30.7 Å². The Hall–Kier alpha value is -3.17. The molecule has 0 aliphatic carbocycles. The van der Waals surface area contributed by atoms with Crippen molar-refractivity contribution in [1.29, 1.82) is 0 Å². The third-order valence-corrected chi connectivity index (χ3v) is 4.86. The molecule has 1 amide bonds. The lowest BCUT2D eigenvalue weighted by Crippen LogP contribution is -2.44. The lowest BCUT2D eigenvalue weighted by Gasteiger charge is -2.18. The Kier molecular flexibility index (Phi) is 4.30. The summed E-state index contributed by atoms with van der Waals surface area (Å²) in [7, 11) is 0. The van der Waals surface area contributed by atoms with Crippen LogP contribution in [0.5, 0.6) is 0 Å². The predicted octanol–water partition coefficient (Wildman–Crippen LogP) is 1.71. The molecule has 4 unspecified atom stereocenters. The maximum absolute atomic E-state index is 12.2. The quantitative estimate of drug-likeness (QED) is 0.686. The standard InChI is InChI=1S/C19H18N4O5/c24-18(15-4-2-8-26-15)21-12-9-27-17-13(10-28-16(12)17)23-19-20-6-5-11(22-19)14-3-1-7-25-14/h1-8,12-13,16-17H,9-10H2,(H,21,24)(H,20,22,23).